The average Bonchev–Trinajstić information content (AvgIpc) is 2.81. The minimum Gasteiger partial charge on any atom is -0.478 e. The summed E-state index contributed by atoms with van der Waals surface area (Å²) < 4.78 is 0. The largest absolute Gasteiger partial charge is 0.478 e. The van der Waals surface area contributed by atoms with Crippen molar-refractivity contribution in [3.05, 3.63) is 35.4 Å². The van der Waals surface area contributed by atoms with Crippen molar-refractivity contribution in [1.82, 2.24) is 9.80 Å². The lowest BCUT2D eigenvalue weighted by Gasteiger charge is -2.38. The second kappa shape index (κ2) is 5.78. The lowest BCUT2D eigenvalue weighted by Crippen LogP contribution is -2.42. The highest BCUT2D eigenvalue weighted by Crippen LogP contribution is 2.38. The fourth-order valence-corrected chi connectivity index (χ4v) is 3.96. The predicted octanol–water partition coefficient (Wildman–Crippen LogP) is 2.30. The van der Waals surface area contributed by atoms with Crippen LogP contribution < -0.4 is 0 Å². The van der Waals surface area contributed by atoms with Crippen molar-refractivity contribution in [2.75, 3.05) is 33.2 Å². The molecule has 114 valence electrons. The van der Waals surface area contributed by atoms with Gasteiger partial charge in [0.05, 0.1) is 5.56 Å². The average molecular weight is 288 g/mol. The van der Waals surface area contributed by atoms with Gasteiger partial charge in [-0.3, -0.25) is 4.90 Å². The molecule has 0 amide bonds. The van der Waals surface area contributed by atoms with Crippen molar-refractivity contribution in [2.24, 2.45) is 5.41 Å². The molecule has 2 aliphatic rings. The topological polar surface area (TPSA) is 43.8 Å². The molecule has 0 bridgehead atoms. The van der Waals surface area contributed by atoms with E-state index < -0.39 is 5.97 Å². The maximum atomic E-state index is 10.9. The van der Waals surface area contributed by atoms with Crippen LogP contribution in [0.1, 0.15) is 35.2 Å². The van der Waals surface area contributed by atoms with Crippen molar-refractivity contribution in [2.45, 2.75) is 25.8 Å². The molecule has 1 aromatic carbocycles. The molecule has 21 heavy (non-hydrogen) atoms. The Balaban J connectivity index is 1.60. The molecule has 1 atom stereocenters. The monoisotopic (exact) mass is 288 g/mol. The highest BCUT2D eigenvalue weighted by molar-refractivity contribution is 5.87. The number of aromatic carboxylic acids is 1. The highest BCUT2D eigenvalue weighted by Gasteiger charge is 2.40. The van der Waals surface area contributed by atoms with Crippen LogP contribution in [-0.4, -0.2) is 54.1 Å². The van der Waals surface area contributed by atoms with Gasteiger partial charge in [0.15, 0.2) is 0 Å². The van der Waals surface area contributed by atoms with Crippen molar-refractivity contribution in [3.8, 4) is 0 Å². The molecule has 0 radical (unpaired) electrons. The van der Waals surface area contributed by atoms with Crippen LogP contribution in [0, 0.1) is 5.41 Å². The molecular weight excluding hydrogens is 264 g/mol. The molecule has 2 saturated heterocycles. The normalized spacial score (nSPS) is 27.3. The number of hydrogen-bond acceptors (Lipinski definition) is 3. The van der Waals surface area contributed by atoms with Crippen molar-refractivity contribution < 1.29 is 9.90 Å². The van der Waals surface area contributed by atoms with Crippen LogP contribution in [0.3, 0.4) is 0 Å². The van der Waals surface area contributed by atoms with Gasteiger partial charge in [-0.15, -0.1) is 0 Å². The van der Waals surface area contributed by atoms with E-state index in [0.717, 1.165) is 13.1 Å². The molecule has 2 heterocycles. The van der Waals surface area contributed by atoms with E-state index in [1.807, 2.05) is 12.1 Å². The number of likely N-dealkylation sites (tertiary alicyclic amines) is 2. The van der Waals surface area contributed by atoms with E-state index >= 15 is 0 Å². The number of hydrogen-bond donors (Lipinski definition) is 1. The number of rotatable bonds is 3. The first kappa shape index (κ1) is 14.5. The van der Waals surface area contributed by atoms with Crippen LogP contribution in [0.25, 0.3) is 0 Å². The Hall–Kier alpha value is -1.39. The minimum atomic E-state index is -0.855. The smallest absolute Gasteiger partial charge is 0.335 e. The summed E-state index contributed by atoms with van der Waals surface area (Å²) in [7, 11) is 2.23. The van der Waals surface area contributed by atoms with Crippen LogP contribution in [0.4, 0.5) is 0 Å². The van der Waals surface area contributed by atoms with Gasteiger partial charge in [-0.1, -0.05) is 12.1 Å². The summed E-state index contributed by atoms with van der Waals surface area (Å²) in [5.41, 5.74) is 2.07. The van der Waals surface area contributed by atoms with Gasteiger partial charge in [0, 0.05) is 19.6 Å². The Morgan fingerprint density at radius 1 is 1.19 bits per heavy atom. The number of nitrogens with zero attached hydrogens (tertiary/aromatic N) is 2. The molecule has 0 aliphatic carbocycles. The highest BCUT2D eigenvalue weighted by atomic mass is 16.4. The van der Waals surface area contributed by atoms with Gasteiger partial charge in [0.25, 0.3) is 0 Å². The molecule has 1 unspecified atom stereocenters. The zero-order chi connectivity index (χ0) is 14.9. The second-order valence-electron chi connectivity index (χ2n) is 6.80. The number of carboxylic acids is 1. The fourth-order valence-electron chi connectivity index (χ4n) is 3.96. The zero-order valence-corrected chi connectivity index (χ0v) is 12.7. The second-order valence-corrected chi connectivity index (χ2v) is 6.80. The molecular formula is C17H24N2O2. The molecule has 1 aromatic rings. The summed E-state index contributed by atoms with van der Waals surface area (Å²) >= 11 is 0. The van der Waals surface area contributed by atoms with Gasteiger partial charge in [0.2, 0.25) is 0 Å². The maximum absolute atomic E-state index is 10.9. The molecule has 2 aliphatic heterocycles. The first-order valence-electron chi connectivity index (χ1n) is 7.80. The zero-order valence-electron chi connectivity index (χ0n) is 12.7. The molecule has 1 N–H and O–H groups in total. The summed E-state index contributed by atoms with van der Waals surface area (Å²) in [6.45, 7) is 5.73. The quantitative estimate of drug-likeness (QED) is 0.927. The first-order chi connectivity index (χ1) is 10.1. The molecule has 3 rings (SSSR count). The van der Waals surface area contributed by atoms with Crippen LogP contribution in [0.2, 0.25) is 0 Å². The Bertz CT molecular complexity index is 514. The Morgan fingerprint density at radius 2 is 1.95 bits per heavy atom. The van der Waals surface area contributed by atoms with E-state index in [-0.39, 0.29) is 0 Å². The third-order valence-corrected chi connectivity index (χ3v) is 4.98. The lowest BCUT2D eigenvalue weighted by molar-refractivity contribution is 0.0697. The van der Waals surface area contributed by atoms with Gasteiger partial charge in [0.1, 0.15) is 0 Å². The van der Waals surface area contributed by atoms with E-state index in [1.54, 1.807) is 12.1 Å². The molecule has 4 nitrogen and oxygen atoms in total. The van der Waals surface area contributed by atoms with Crippen LogP contribution in [0.15, 0.2) is 24.3 Å². The van der Waals surface area contributed by atoms with Crippen LogP contribution in [0.5, 0.6) is 0 Å². The van der Waals surface area contributed by atoms with E-state index in [1.165, 1.54) is 44.5 Å². The van der Waals surface area contributed by atoms with E-state index in [9.17, 15) is 4.79 Å². The van der Waals surface area contributed by atoms with E-state index in [2.05, 4.69) is 16.8 Å². The lowest BCUT2D eigenvalue weighted by atomic mass is 9.79. The molecule has 2 fully saturated rings. The standard InChI is InChI=1S/C17H24N2O2/c1-18-9-2-7-17(12-18)8-10-19(13-17)11-14-3-5-15(6-4-14)16(20)21/h3-6H,2,7-13H2,1H3,(H,20,21). The third-order valence-electron chi connectivity index (χ3n) is 4.98. The van der Waals surface area contributed by atoms with Crippen LogP contribution >= 0.6 is 0 Å². The molecule has 1 spiro atoms. The summed E-state index contributed by atoms with van der Waals surface area (Å²) in [6, 6.07) is 7.30. The van der Waals surface area contributed by atoms with Gasteiger partial charge < -0.3 is 10.0 Å². The summed E-state index contributed by atoms with van der Waals surface area (Å²) in [5.74, 6) is -0.855. The Morgan fingerprint density at radius 3 is 2.62 bits per heavy atom. The van der Waals surface area contributed by atoms with Gasteiger partial charge in [-0.25, -0.2) is 4.79 Å². The Kier molecular flexibility index (Phi) is 4.00. The van der Waals surface area contributed by atoms with E-state index in [4.69, 9.17) is 5.11 Å². The van der Waals surface area contributed by atoms with Crippen molar-refractivity contribution in [1.29, 1.82) is 0 Å². The molecule has 0 aromatic heterocycles. The van der Waals surface area contributed by atoms with Crippen LogP contribution in [-0.2, 0) is 6.54 Å². The molecule has 0 saturated carbocycles. The van der Waals surface area contributed by atoms with Gasteiger partial charge >= 0.3 is 5.97 Å². The molecule has 4 heteroatoms. The number of piperidine rings is 1. The summed E-state index contributed by atoms with van der Waals surface area (Å²) in [6.07, 6.45) is 3.97. The summed E-state index contributed by atoms with van der Waals surface area (Å²) in [4.78, 5) is 15.9. The summed E-state index contributed by atoms with van der Waals surface area (Å²) in [5, 5.41) is 8.94. The van der Waals surface area contributed by atoms with Crippen molar-refractivity contribution >= 4 is 5.97 Å². The number of carboxylic acid groups (broad SMARTS) is 1. The third kappa shape index (κ3) is 3.27. The van der Waals surface area contributed by atoms with Gasteiger partial charge in [-0.2, -0.15) is 0 Å². The fraction of sp³-hybridized carbons (Fsp3) is 0.588. The minimum absolute atomic E-state index is 0.366. The predicted molar refractivity (Wildman–Crippen MR) is 82.5 cm³/mol. The maximum Gasteiger partial charge on any atom is 0.335 e. The number of carbonyl (C=O) groups is 1. The van der Waals surface area contributed by atoms with Gasteiger partial charge in [-0.05, 0) is 62.5 Å². The SMILES string of the molecule is CN1CCCC2(CCN(Cc3ccc(C(=O)O)cc3)C2)C1. The number of benzene rings is 1. The van der Waals surface area contributed by atoms with E-state index in [0.29, 0.717) is 11.0 Å². The first-order valence-corrected chi connectivity index (χ1v) is 7.80. The Labute approximate surface area is 126 Å². The van der Waals surface area contributed by atoms with Crippen molar-refractivity contribution in [3.63, 3.8) is 0 Å².